The van der Waals surface area contributed by atoms with Crippen molar-refractivity contribution in [2.75, 3.05) is 5.32 Å². The molecular formula is C25H26ClN9O2. The number of nitrogens with one attached hydrogen (secondary N) is 1. The lowest BCUT2D eigenvalue weighted by atomic mass is 10.0. The maximum Gasteiger partial charge on any atom is 0.259 e. The number of tetrazole rings is 1. The van der Waals surface area contributed by atoms with E-state index in [0.29, 0.717) is 46.3 Å². The van der Waals surface area contributed by atoms with Crippen LogP contribution in [0.25, 0.3) is 28.0 Å². The van der Waals surface area contributed by atoms with Gasteiger partial charge in [0.1, 0.15) is 0 Å². The molecule has 2 N–H and O–H groups in total. The first-order valence-electron chi connectivity index (χ1n) is 11.8. The second-order valence-corrected chi connectivity index (χ2v) is 9.24. The number of halogens is 1. The van der Waals surface area contributed by atoms with Gasteiger partial charge in [0.15, 0.2) is 0 Å². The summed E-state index contributed by atoms with van der Waals surface area (Å²) in [6.07, 6.45) is 2.82. The number of nitrogens with zero attached hydrogens (tertiary/aromatic N) is 8. The molecule has 0 aliphatic heterocycles. The Hall–Kier alpha value is -4.09. The van der Waals surface area contributed by atoms with Gasteiger partial charge in [-0.15, -0.1) is 10.2 Å². The summed E-state index contributed by atoms with van der Waals surface area (Å²) in [5, 5.41) is 34.4. The molecule has 4 heterocycles. The standard InChI is InChI=1S/C25H26ClN9O2/c1-5-35-31-24(29-32-35)18-6-7-20(26)21(10-18)28-25(37)19-12-27-33-9-8-17(11-22(19)33)23-15(3)30-34(16(23)4)13-14(2)36/h6-12,14,36H,5,13H2,1-4H3,(H,28,37)/t14-/m0/s1. The maximum atomic E-state index is 13.3. The molecular weight excluding hydrogens is 494 g/mol. The molecule has 0 spiro atoms. The highest BCUT2D eigenvalue weighted by molar-refractivity contribution is 6.34. The number of carbonyl (C=O) groups excluding carboxylic acids is 1. The van der Waals surface area contributed by atoms with Crippen molar-refractivity contribution in [2.24, 2.45) is 0 Å². The van der Waals surface area contributed by atoms with Crippen molar-refractivity contribution < 1.29 is 9.90 Å². The van der Waals surface area contributed by atoms with Gasteiger partial charge in [-0.25, -0.2) is 4.52 Å². The summed E-state index contributed by atoms with van der Waals surface area (Å²) < 4.78 is 3.45. The number of aromatic nitrogens is 8. The minimum absolute atomic E-state index is 0.352. The van der Waals surface area contributed by atoms with Crippen LogP contribution in [0, 0.1) is 13.8 Å². The fourth-order valence-corrected chi connectivity index (χ4v) is 4.46. The molecule has 1 atom stereocenters. The molecule has 0 bridgehead atoms. The van der Waals surface area contributed by atoms with Crippen LogP contribution >= 0.6 is 11.6 Å². The maximum absolute atomic E-state index is 13.3. The molecule has 4 aromatic heterocycles. The molecule has 190 valence electrons. The minimum atomic E-state index is -0.516. The molecule has 11 nitrogen and oxygen atoms in total. The number of benzene rings is 1. The van der Waals surface area contributed by atoms with Crippen LogP contribution in [0.1, 0.15) is 35.6 Å². The van der Waals surface area contributed by atoms with Crippen LogP contribution in [0.2, 0.25) is 5.02 Å². The predicted octanol–water partition coefficient (Wildman–Crippen LogP) is 3.77. The Morgan fingerprint density at radius 2 is 1.97 bits per heavy atom. The lowest BCUT2D eigenvalue weighted by Gasteiger charge is -2.09. The van der Waals surface area contributed by atoms with Crippen molar-refractivity contribution in [1.29, 1.82) is 0 Å². The quantitative estimate of drug-likeness (QED) is 0.335. The monoisotopic (exact) mass is 519 g/mol. The summed E-state index contributed by atoms with van der Waals surface area (Å²) in [5.74, 6) is 0.0890. The highest BCUT2D eigenvalue weighted by Gasteiger charge is 2.19. The molecule has 37 heavy (non-hydrogen) atoms. The number of pyridine rings is 1. The van der Waals surface area contributed by atoms with Gasteiger partial charge in [-0.1, -0.05) is 11.6 Å². The molecule has 0 fully saturated rings. The Morgan fingerprint density at radius 1 is 1.16 bits per heavy atom. The third-order valence-corrected chi connectivity index (χ3v) is 6.41. The number of hydrogen-bond acceptors (Lipinski definition) is 7. The number of fused-ring (bicyclic) bond motifs is 1. The number of rotatable bonds is 7. The topological polar surface area (TPSA) is 128 Å². The van der Waals surface area contributed by atoms with Gasteiger partial charge in [-0.2, -0.15) is 15.0 Å². The summed E-state index contributed by atoms with van der Waals surface area (Å²) in [7, 11) is 0. The molecule has 0 saturated heterocycles. The first-order valence-corrected chi connectivity index (χ1v) is 12.2. The number of amides is 1. The first-order chi connectivity index (χ1) is 17.7. The van der Waals surface area contributed by atoms with E-state index in [4.69, 9.17) is 11.6 Å². The van der Waals surface area contributed by atoms with Crippen molar-refractivity contribution >= 4 is 28.7 Å². The summed E-state index contributed by atoms with van der Waals surface area (Å²) in [6.45, 7) is 8.55. The van der Waals surface area contributed by atoms with Gasteiger partial charge < -0.3 is 10.4 Å². The van der Waals surface area contributed by atoms with Crippen LogP contribution in [-0.4, -0.2) is 56.7 Å². The van der Waals surface area contributed by atoms with Crippen LogP contribution in [0.4, 0.5) is 5.69 Å². The zero-order chi connectivity index (χ0) is 26.3. The normalized spacial score (nSPS) is 12.3. The zero-order valence-electron chi connectivity index (χ0n) is 20.8. The molecule has 12 heteroatoms. The Morgan fingerprint density at radius 3 is 2.70 bits per heavy atom. The van der Waals surface area contributed by atoms with Gasteiger partial charge in [0, 0.05) is 23.0 Å². The van der Waals surface area contributed by atoms with Crippen molar-refractivity contribution in [1.82, 2.24) is 39.6 Å². The minimum Gasteiger partial charge on any atom is -0.391 e. The van der Waals surface area contributed by atoms with Crippen LogP contribution in [0.15, 0.2) is 42.7 Å². The highest BCUT2D eigenvalue weighted by Crippen LogP contribution is 2.30. The Labute approximate surface area is 217 Å². The number of hydrogen-bond donors (Lipinski definition) is 2. The summed E-state index contributed by atoms with van der Waals surface area (Å²) in [5.41, 5.74) is 5.77. The smallest absolute Gasteiger partial charge is 0.259 e. The Balaban J connectivity index is 1.47. The number of aliphatic hydroxyl groups is 1. The van der Waals surface area contributed by atoms with E-state index in [1.807, 2.05) is 39.1 Å². The van der Waals surface area contributed by atoms with Crippen molar-refractivity contribution in [3.8, 4) is 22.5 Å². The third-order valence-electron chi connectivity index (χ3n) is 6.08. The van der Waals surface area contributed by atoms with E-state index in [2.05, 4.69) is 30.9 Å². The van der Waals surface area contributed by atoms with E-state index in [9.17, 15) is 9.90 Å². The number of aryl methyl sites for hydroxylation is 2. The second-order valence-electron chi connectivity index (χ2n) is 8.83. The van der Waals surface area contributed by atoms with E-state index >= 15 is 0 Å². The van der Waals surface area contributed by atoms with Crippen LogP contribution < -0.4 is 5.32 Å². The van der Waals surface area contributed by atoms with Gasteiger partial charge in [0.2, 0.25) is 5.82 Å². The van der Waals surface area contributed by atoms with Gasteiger partial charge in [0.05, 0.1) is 52.9 Å². The number of aliphatic hydroxyl groups excluding tert-OH is 1. The molecule has 0 aliphatic rings. The molecule has 5 rings (SSSR count). The molecule has 1 aromatic carbocycles. The lowest BCUT2D eigenvalue weighted by Crippen LogP contribution is -2.14. The summed E-state index contributed by atoms with van der Waals surface area (Å²) >= 11 is 6.39. The molecule has 0 unspecified atom stereocenters. The highest BCUT2D eigenvalue weighted by atomic mass is 35.5. The van der Waals surface area contributed by atoms with E-state index in [-0.39, 0.29) is 5.91 Å². The molecule has 0 aliphatic carbocycles. The largest absolute Gasteiger partial charge is 0.391 e. The fourth-order valence-electron chi connectivity index (χ4n) is 4.30. The van der Waals surface area contributed by atoms with E-state index in [0.717, 1.165) is 22.5 Å². The number of anilines is 1. The van der Waals surface area contributed by atoms with Crippen LogP contribution in [-0.2, 0) is 13.1 Å². The SMILES string of the molecule is CCn1nnc(-c2ccc(Cl)c(NC(=O)c3cnn4ccc(-c5c(C)nn(C[C@H](C)O)c5C)cc34)c2)n1. The molecule has 1 amide bonds. The second kappa shape index (κ2) is 9.75. The molecule has 0 saturated carbocycles. The zero-order valence-corrected chi connectivity index (χ0v) is 21.6. The number of carbonyl (C=O) groups is 1. The molecule has 0 radical (unpaired) electrons. The van der Waals surface area contributed by atoms with Gasteiger partial charge in [-0.05, 0) is 68.8 Å². The van der Waals surface area contributed by atoms with Crippen LogP contribution in [0.5, 0.6) is 0 Å². The predicted molar refractivity (Wildman–Crippen MR) is 139 cm³/mol. The lowest BCUT2D eigenvalue weighted by molar-refractivity contribution is 0.102. The average Bonchev–Trinajstić information content (AvgIpc) is 3.57. The van der Waals surface area contributed by atoms with Crippen LogP contribution in [0.3, 0.4) is 0 Å². The van der Waals surface area contributed by atoms with Gasteiger partial charge in [0.25, 0.3) is 5.91 Å². The van der Waals surface area contributed by atoms with Crippen molar-refractivity contribution in [3.63, 3.8) is 0 Å². The first kappa shape index (κ1) is 24.6. The fraction of sp³-hybridized carbons (Fsp3) is 0.280. The van der Waals surface area contributed by atoms with Crippen molar-refractivity contribution in [2.45, 2.75) is 46.9 Å². The van der Waals surface area contributed by atoms with Gasteiger partial charge >= 0.3 is 0 Å². The van der Waals surface area contributed by atoms with E-state index in [1.165, 1.54) is 11.0 Å². The van der Waals surface area contributed by atoms with Crippen molar-refractivity contribution in [3.05, 3.63) is 64.7 Å². The summed E-state index contributed by atoms with van der Waals surface area (Å²) in [6, 6.07) is 9.03. The average molecular weight is 520 g/mol. The third kappa shape index (κ3) is 4.70. The Kier molecular flexibility index (Phi) is 6.48. The van der Waals surface area contributed by atoms with Gasteiger partial charge in [-0.3, -0.25) is 9.48 Å². The molecule has 5 aromatic rings. The van der Waals surface area contributed by atoms with E-state index in [1.54, 1.807) is 34.3 Å². The Bertz CT molecular complexity index is 1620. The van der Waals surface area contributed by atoms with E-state index < -0.39 is 6.10 Å². The summed E-state index contributed by atoms with van der Waals surface area (Å²) in [4.78, 5) is 14.8.